The summed E-state index contributed by atoms with van der Waals surface area (Å²) >= 11 is 0. The largest absolute Gasteiger partial charge is 0.272 e. The zero-order valence-electron chi connectivity index (χ0n) is 16.4. The number of hydrogen-bond acceptors (Lipinski definition) is 5. The number of sulfone groups is 1. The van der Waals surface area contributed by atoms with Crippen LogP contribution in [0.3, 0.4) is 0 Å². The third-order valence-corrected chi connectivity index (χ3v) is 6.33. The molecule has 0 bridgehead atoms. The Balaban J connectivity index is 1.99. The van der Waals surface area contributed by atoms with Crippen molar-refractivity contribution < 1.29 is 8.42 Å². The summed E-state index contributed by atoms with van der Waals surface area (Å²) < 4.78 is 27.2. The summed E-state index contributed by atoms with van der Waals surface area (Å²) in [6.45, 7) is 4.00. The molecule has 0 saturated heterocycles. The van der Waals surface area contributed by atoms with Crippen LogP contribution in [0.1, 0.15) is 11.4 Å². The maximum absolute atomic E-state index is 11.8. The lowest BCUT2D eigenvalue weighted by molar-refractivity contribution is 0.602. The van der Waals surface area contributed by atoms with Crippen LogP contribution in [0.5, 0.6) is 0 Å². The van der Waals surface area contributed by atoms with Crippen molar-refractivity contribution in [1.29, 1.82) is 0 Å². The minimum Gasteiger partial charge on any atom is -0.272 e. The van der Waals surface area contributed by atoms with Crippen molar-refractivity contribution in [2.45, 2.75) is 18.7 Å². The highest BCUT2D eigenvalue weighted by molar-refractivity contribution is 7.90. The van der Waals surface area contributed by atoms with Crippen molar-refractivity contribution in [1.82, 2.24) is 24.5 Å². The Labute approximate surface area is 163 Å². The van der Waals surface area contributed by atoms with E-state index in [-0.39, 0.29) is 0 Å². The molecule has 0 aliphatic heterocycles. The predicted molar refractivity (Wildman–Crippen MR) is 109 cm³/mol. The van der Waals surface area contributed by atoms with E-state index in [0.717, 1.165) is 39.2 Å². The van der Waals surface area contributed by atoms with Gasteiger partial charge in [-0.3, -0.25) is 9.36 Å². The molecule has 4 rings (SSSR count). The van der Waals surface area contributed by atoms with Gasteiger partial charge in [0.2, 0.25) is 0 Å². The average Bonchev–Trinajstić information content (AvgIpc) is 3.13. The number of hydrogen-bond donors (Lipinski definition) is 0. The fraction of sp³-hybridized carbons (Fsp3) is 0.250. The Morgan fingerprint density at radius 1 is 0.929 bits per heavy atom. The lowest BCUT2D eigenvalue weighted by Crippen LogP contribution is -1.97. The fourth-order valence-corrected chi connectivity index (χ4v) is 3.97. The normalized spacial score (nSPS) is 12.0. The number of rotatable bonds is 3. The van der Waals surface area contributed by atoms with Gasteiger partial charge in [-0.15, -0.1) is 0 Å². The van der Waals surface area contributed by atoms with Crippen molar-refractivity contribution in [3.05, 3.63) is 47.9 Å². The van der Waals surface area contributed by atoms with E-state index in [1.807, 2.05) is 55.5 Å². The van der Waals surface area contributed by atoms with Crippen molar-refractivity contribution in [3.8, 4) is 22.4 Å². The second kappa shape index (κ2) is 6.27. The molecule has 0 radical (unpaired) electrons. The summed E-state index contributed by atoms with van der Waals surface area (Å²) in [5, 5.41) is 9.84. The summed E-state index contributed by atoms with van der Waals surface area (Å²) in [6, 6.07) is 8.96. The molecule has 0 fully saturated rings. The van der Waals surface area contributed by atoms with Gasteiger partial charge in [-0.05, 0) is 43.2 Å². The topological polar surface area (TPSA) is 82.7 Å². The van der Waals surface area contributed by atoms with Gasteiger partial charge >= 0.3 is 0 Å². The molecule has 1 aromatic carbocycles. The van der Waals surface area contributed by atoms with Crippen molar-refractivity contribution in [2.24, 2.45) is 14.1 Å². The molecule has 0 aliphatic rings. The highest BCUT2D eigenvalue weighted by atomic mass is 32.2. The Kier molecular flexibility index (Phi) is 4.11. The molecule has 0 atom stereocenters. The van der Waals surface area contributed by atoms with Crippen LogP contribution < -0.4 is 0 Å². The number of aromatic nitrogens is 5. The molecule has 0 amide bonds. The molecule has 3 heterocycles. The van der Waals surface area contributed by atoms with Gasteiger partial charge in [-0.25, -0.2) is 13.4 Å². The third-order valence-electron chi connectivity index (χ3n) is 5.20. The van der Waals surface area contributed by atoms with E-state index in [1.54, 1.807) is 18.3 Å². The molecule has 7 nitrogen and oxygen atoms in total. The van der Waals surface area contributed by atoms with Crippen molar-refractivity contribution >= 4 is 20.9 Å². The lowest BCUT2D eigenvalue weighted by atomic mass is 9.99. The minimum atomic E-state index is -3.24. The van der Waals surface area contributed by atoms with Crippen LogP contribution >= 0.6 is 0 Å². The van der Waals surface area contributed by atoms with Gasteiger partial charge in [0.05, 0.1) is 16.8 Å². The van der Waals surface area contributed by atoms with Gasteiger partial charge in [-0.2, -0.15) is 10.2 Å². The Hall–Kier alpha value is -3.00. The quantitative estimate of drug-likeness (QED) is 0.532. The van der Waals surface area contributed by atoms with Gasteiger partial charge in [0, 0.05) is 42.7 Å². The number of fused-ring (bicyclic) bond motifs is 1. The zero-order valence-corrected chi connectivity index (χ0v) is 17.2. The van der Waals surface area contributed by atoms with Gasteiger partial charge in [0.15, 0.2) is 15.5 Å². The van der Waals surface area contributed by atoms with Crippen LogP contribution in [-0.2, 0) is 23.9 Å². The summed E-state index contributed by atoms with van der Waals surface area (Å²) in [5.74, 6) is 0. The summed E-state index contributed by atoms with van der Waals surface area (Å²) in [5.41, 5.74) is 6.28. The molecule has 28 heavy (non-hydrogen) atoms. The molecule has 8 heteroatoms. The second-order valence-corrected chi connectivity index (χ2v) is 9.04. The lowest BCUT2D eigenvalue weighted by Gasteiger charge is -2.09. The van der Waals surface area contributed by atoms with Crippen molar-refractivity contribution in [2.75, 3.05) is 6.26 Å². The minimum absolute atomic E-state index is 0.299. The van der Waals surface area contributed by atoms with Crippen molar-refractivity contribution in [3.63, 3.8) is 0 Å². The second-order valence-electron chi connectivity index (χ2n) is 7.03. The molecule has 4 aromatic rings. The number of aryl methyl sites for hydroxylation is 3. The summed E-state index contributed by atoms with van der Waals surface area (Å²) in [6.07, 6.45) is 3.01. The van der Waals surface area contributed by atoms with Gasteiger partial charge in [0.25, 0.3) is 0 Å². The first kappa shape index (κ1) is 18.4. The Morgan fingerprint density at radius 2 is 1.61 bits per heavy atom. The van der Waals surface area contributed by atoms with Crippen LogP contribution in [0.25, 0.3) is 33.4 Å². The SMILES string of the molecule is Cc1c(-c2cc(-c3ccc(S(C)(=O)=O)cc3)c3c(C)n(C)nc3n2)cnn1C. The number of benzene rings is 1. The standard InChI is InChI=1S/C20H21N5O2S/c1-12-17(11-21-24(12)3)18-10-16(19-13(2)25(4)23-20(19)22-18)14-6-8-15(9-7-14)28(5,26)27/h6-11H,1-5H3. The predicted octanol–water partition coefficient (Wildman–Crippen LogP) is 3.06. The zero-order chi connectivity index (χ0) is 20.2. The van der Waals surface area contributed by atoms with E-state index >= 15 is 0 Å². The van der Waals surface area contributed by atoms with Gasteiger partial charge in [-0.1, -0.05) is 12.1 Å². The third kappa shape index (κ3) is 2.90. The highest BCUT2D eigenvalue weighted by Crippen LogP contribution is 2.34. The van der Waals surface area contributed by atoms with Crippen LogP contribution in [0.2, 0.25) is 0 Å². The molecule has 0 saturated carbocycles. The molecule has 0 spiro atoms. The van der Waals surface area contributed by atoms with E-state index in [0.29, 0.717) is 10.5 Å². The molecule has 0 unspecified atom stereocenters. The maximum Gasteiger partial charge on any atom is 0.182 e. The van der Waals surface area contributed by atoms with E-state index in [1.165, 1.54) is 6.26 Å². The monoisotopic (exact) mass is 395 g/mol. The van der Waals surface area contributed by atoms with Crippen LogP contribution in [-0.4, -0.2) is 39.2 Å². The molecule has 3 aromatic heterocycles. The first-order valence-corrected chi connectivity index (χ1v) is 10.7. The summed E-state index contributed by atoms with van der Waals surface area (Å²) in [4.78, 5) is 5.06. The van der Waals surface area contributed by atoms with Crippen LogP contribution in [0.4, 0.5) is 0 Å². The molecule has 0 N–H and O–H groups in total. The first-order valence-electron chi connectivity index (χ1n) is 8.80. The van der Waals surface area contributed by atoms with Gasteiger partial charge < -0.3 is 0 Å². The smallest absolute Gasteiger partial charge is 0.182 e. The van der Waals surface area contributed by atoms with Crippen LogP contribution in [0, 0.1) is 13.8 Å². The van der Waals surface area contributed by atoms with Gasteiger partial charge in [0.1, 0.15) is 0 Å². The number of nitrogens with zero attached hydrogens (tertiary/aromatic N) is 5. The average molecular weight is 395 g/mol. The molecular formula is C20H21N5O2S. The highest BCUT2D eigenvalue weighted by Gasteiger charge is 2.18. The molecule has 0 aliphatic carbocycles. The fourth-order valence-electron chi connectivity index (χ4n) is 3.34. The first-order chi connectivity index (χ1) is 13.2. The summed E-state index contributed by atoms with van der Waals surface area (Å²) in [7, 11) is 0.545. The van der Waals surface area contributed by atoms with E-state index < -0.39 is 9.84 Å². The Bertz CT molecular complexity index is 1320. The maximum atomic E-state index is 11.8. The Morgan fingerprint density at radius 3 is 2.18 bits per heavy atom. The van der Waals surface area contributed by atoms with E-state index in [9.17, 15) is 8.42 Å². The van der Waals surface area contributed by atoms with E-state index in [2.05, 4.69) is 10.2 Å². The number of pyridine rings is 1. The van der Waals surface area contributed by atoms with E-state index in [4.69, 9.17) is 4.98 Å². The molecular weight excluding hydrogens is 374 g/mol. The van der Waals surface area contributed by atoms with Crippen LogP contribution in [0.15, 0.2) is 41.4 Å². The molecule has 144 valence electrons.